The number of hydrogen-bond donors (Lipinski definition) is 1. The minimum atomic E-state index is -0.207. The second-order valence-electron chi connectivity index (χ2n) is 7.68. The van der Waals surface area contributed by atoms with Crippen LogP contribution in [-0.2, 0) is 4.79 Å². The van der Waals surface area contributed by atoms with E-state index in [0.717, 1.165) is 53.4 Å². The van der Waals surface area contributed by atoms with Crippen LogP contribution in [0.4, 0.5) is 5.82 Å². The summed E-state index contributed by atoms with van der Waals surface area (Å²) in [6.45, 7) is 1.74. The topological polar surface area (TPSA) is 72.1 Å². The van der Waals surface area contributed by atoms with E-state index in [-0.39, 0.29) is 5.91 Å². The van der Waals surface area contributed by atoms with Gasteiger partial charge in [0.1, 0.15) is 10.6 Å². The van der Waals surface area contributed by atoms with Crippen molar-refractivity contribution < 1.29 is 4.79 Å². The van der Waals surface area contributed by atoms with Gasteiger partial charge in [-0.15, -0.1) is 11.3 Å². The van der Waals surface area contributed by atoms with Gasteiger partial charge in [-0.3, -0.25) is 4.79 Å². The van der Waals surface area contributed by atoms with Crippen LogP contribution in [0.2, 0.25) is 0 Å². The van der Waals surface area contributed by atoms with E-state index in [1.807, 2.05) is 6.07 Å². The number of piperidine rings is 1. The summed E-state index contributed by atoms with van der Waals surface area (Å²) >= 11 is 3.33. The first-order valence-electron chi connectivity index (χ1n) is 10.1. The molecule has 2 N–H and O–H groups in total. The molecule has 4 aromatic rings. The maximum atomic E-state index is 11.3. The number of anilines is 1. The molecule has 0 saturated carbocycles. The number of carbonyl (C=O) groups excluding carboxylic acids is 1. The maximum absolute atomic E-state index is 11.3. The fourth-order valence-electron chi connectivity index (χ4n) is 4.14. The van der Waals surface area contributed by atoms with Crippen molar-refractivity contribution in [2.24, 2.45) is 11.7 Å². The Morgan fingerprint density at radius 1 is 1.07 bits per heavy atom. The van der Waals surface area contributed by atoms with Gasteiger partial charge in [0.05, 0.1) is 5.39 Å². The van der Waals surface area contributed by atoms with Gasteiger partial charge in [0, 0.05) is 41.4 Å². The van der Waals surface area contributed by atoms with Crippen molar-refractivity contribution in [2.75, 3.05) is 18.0 Å². The van der Waals surface area contributed by atoms with Crippen LogP contribution in [-0.4, -0.2) is 29.0 Å². The number of nitrogens with two attached hydrogens (primary N) is 1. The highest BCUT2D eigenvalue weighted by Crippen LogP contribution is 2.40. The van der Waals surface area contributed by atoms with E-state index in [4.69, 9.17) is 15.7 Å². The molecule has 1 saturated heterocycles. The zero-order chi connectivity index (χ0) is 20.5. The molecular weight excluding hydrogens is 412 g/mol. The second kappa shape index (κ2) is 8.16. The highest BCUT2D eigenvalue weighted by Gasteiger charge is 2.25. The minimum absolute atomic E-state index is 0.207. The summed E-state index contributed by atoms with van der Waals surface area (Å²) in [5.74, 6) is 1.93. The monoisotopic (exact) mass is 434 g/mol. The third-order valence-corrected chi connectivity index (χ3v) is 7.24. The van der Waals surface area contributed by atoms with E-state index < -0.39 is 0 Å². The first-order chi connectivity index (χ1) is 14.7. The summed E-state index contributed by atoms with van der Waals surface area (Å²) in [5, 5.41) is 7.46. The molecule has 5 nitrogen and oxygen atoms in total. The van der Waals surface area contributed by atoms with Crippen LogP contribution < -0.4 is 10.6 Å². The van der Waals surface area contributed by atoms with Gasteiger partial charge in [-0.05, 0) is 35.8 Å². The molecule has 5 rings (SSSR count). The van der Waals surface area contributed by atoms with Crippen LogP contribution in [0.5, 0.6) is 0 Å². The van der Waals surface area contributed by atoms with Crippen LogP contribution >= 0.6 is 22.7 Å². The number of carbonyl (C=O) groups is 1. The lowest BCUT2D eigenvalue weighted by molar-refractivity contribution is -0.119. The molecule has 0 radical (unpaired) electrons. The largest absolute Gasteiger partial charge is 0.370 e. The van der Waals surface area contributed by atoms with Crippen molar-refractivity contribution in [1.29, 1.82) is 0 Å². The fraction of sp³-hybridized carbons (Fsp3) is 0.261. The molecular formula is C23H22N4OS2. The highest BCUT2D eigenvalue weighted by molar-refractivity contribution is 7.17. The van der Waals surface area contributed by atoms with Gasteiger partial charge in [-0.1, -0.05) is 30.3 Å². The zero-order valence-corrected chi connectivity index (χ0v) is 18.1. The van der Waals surface area contributed by atoms with Gasteiger partial charge in [-0.2, -0.15) is 11.3 Å². The number of hydrogen-bond acceptors (Lipinski definition) is 6. The van der Waals surface area contributed by atoms with E-state index in [1.54, 1.807) is 22.7 Å². The number of benzene rings is 1. The molecule has 4 heterocycles. The average molecular weight is 435 g/mol. The minimum Gasteiger partial charge on any atom is -0.370 e. The Bertz CT molecular complexity index is 1160. The molecule has 0 aliphatic carbocycles. The molecule has 0 unspecified atom stereocenters. The lowest BCUT2D eigenvalue weighted by Gasteiger charge is -2.33. The number of nitrogens with zero attached hydrogens (tertiary/aromatic N) is 3. The number of rotatable bonds is 5. The zero-order valence-electron chi connectivity index (χ0n) is 16.5. The van der Waals surface area contributed by atoms with Crippen LogP contribution in [0.25, 0.3) is 32.7 Å². The maximum Gasteiger partial charge on any atom is 0.217 e. The Hall–Kier alpha value is -2.77. The van der Waals surface area contributed by atoms with Crippen LogP contribution in [0.1, 0.15) is 19.3 Å². The molecule has 152 valence electrons. The Morgan fingerprint density at radius 2 is 1.87 bits per heavy atom. The van der Waals surface area contributed by atoms with Gasteiger partial charge in [0.25, 0.3) is 0 Å². The Balaban J connectivity index is 1.59. The Morgan fingerprint density at radius 3 is 2.57 bits per heavy atom. The fourth-order valence-corrected chi connectivity index (χ4v) is 5.71. The van der Waals surface area contributed by atoms with Gasteiger partial charge >= 0.3 is 0 Å². The highest BCUT2D eigenvalue weighted by atomic mass is 32.1. The third-order valence-electron chi connectivity index (χ3n) is 5.68. The molecule has 1 aliphatic heterocycles. The van der Waals surface area contributed by atoms with Crippen molar-refractivity contribution in [2.45, 2.75) is 19.3 Å². The van der Waals surface area contributed by atoms with E-state index in [2.05, 4.69) is 51.4 Å². The van der Waals surface area contributed by atoms with Gasteiger partial charge in [0.15, 0.2) is 5.82 Å². The SMILES string of the molecule is NC(=O)CC1CCN(c2nc(-c3ccsc3)nc3scc(-c4ccccc4)c23)CC1. The first-order valence-corrected chi connectivity index (χ1v) is 11.9. The molecule has 1 amide bonds. The van der Waals surface area contributed by atoms with Crippen molar-refractivity contribution in [3.05, 3.63) is 52.5 Å². The first kappa shape index (κ1) is 19.2. The number of amides is 1. The summed E-state index contributed by atoms with van der Waals surface area (Å²) in [4.78, 5) is 24.6. The molecule has 3 aromatic heterocycles. The average Bonchev–Trinajstić information content (AvgIpc) is 3.44. The number of primary amides is 1. The quantitative estimate of drug-likeness (QED) is 0.470. The molecule has 1 aliphatic rings. The van der Waals surface area contributed by atoms with Crippen LogP contribution in [0.3, 0.4) is 0 Å². The third kappa shape index (κ3) is 3.70. The van der Waals surface area contributed by atoms with E-state index >= 15 is 0 Å². The lowest BCUT2D eigenvalue weighted by atomic mass is 9.93. The van der Waals surface area contributed by atoms with E-state index in [9.17, 15) is 4.79 Å². The predicted molar refractivity (Wildman–Crippen MR) is 125 cm³/mol. The molecule has 0 spiro atoms. The number of thiophene rings is 2. The number of fused-ring (bicyclic) bond motifs is 1. The standard InChI is InChI=1S/C23H22N4OS2/c24-19(28)12-15-6-9-27(10-7-15)22-20-18(16-4-2-1-3-5-16)14-30-23(20)26-21(25-22)17-8-11-29-13-17/h1-5,8,11,13-15H,6-7,9-10,12H2,(H2,24,28). The Kier molecular flexibility index (Phi) is 5.23. The van der Waals surface area contributed by atoms with E-state index in [0.29, 0.717) is 12.3 Å². The molecule has 1 aromatic carbocycles. The molecule has 0 atom stereocenters. The predicted octanol–water partition coefficient (Wildman–Crippen LogP) is 5.18. The van der Waals surface area contributed by atoms with Crippen molar-refractivity contribution >= 4 is 44.6 Å². The van der Waals surface area contributed by atoms with Gasteiger partial charge in [-0.25, -0.2) is 9.97 Å². The molecule has 0 bridgehead atoms. The summed E-state index contributed by atoms with van der Waals surface area (Å²) in [5.41, 5.74) is 8.84. The Labute approximate surface area is 183 Å². The van der Waals surface area contributed by atoms with Crippen LogP contribution in [0.15, 0.2) is 52.5 Å². The summed E-state index contributed by atoms with van der Waals surface area (Å²) in [6, 6.07) is 12.5. The molecule has 7 heteroatoms. The smallest absolute Gasteiger partial charge is 0.217 e. The summed E-state index contributed by atoms with van der Waals surface area (Å²) in [6.07, 6.45) is 2.38. The van der Waals surface area contributed by atoms with Crippen molar-refractivity contribution in [3.8, 4) is 22.5 Å². The second-order valence-corrected chi connectivity index (χ2v) is 9.32. The lowest BCUT2D eigenvalue weighted by Crippen LogP contribution is -2.35. The number of aromatic nitrogens is 2. The normalized spacial score (nSPS) is 15.0. The van der Waals surface area contributed by atoms with Crippen molar-refractivity contribution in [1.82, 2.24) is 9.97 Å². The van der Waals surface area contributed by atoms with E-state index in [1.165, 1.54) is 11.1 Å². The molecule has 30 heavy (non-hydrogen) atoms. The van der Waals surface area contributed by atoms with Crippen LogP contribution in [0, 0.1) is 5.92 Å². The molecule has 1 fully saturated rings. The van der Waals surface area contributed by atoms with Gasteiger partial charge < -0.3 is 10.6 Å². The summed E-state index contributed by atoms with van der Waals surface area (Å²) in [7, 11) is 0. The summed E-state index contributed by atoms with van der Waals surface area (Å²) < 4.78 is 0. The van der Waals surface area contributed by atoms with Crippen molar-refractivity contribution in [3.63, 3.8) is 0 Å². The van der Waals surface area contributed by atoms with Gasteiger partial charge in [0.2, 0.25) is 5.91 Å².